The Balaban J connectivity index is 1.32. The molecule has 0 aliphatic carbocycles. The van der Waals surface area contributed by atoms with Crippen molar-refractivity contribution in [2.24, 2.45) is 0 Å². The predicted octanol–water partition coefficient (Wildman–Crippen LogP) is 3.40. The fourth-order valence-electron chi connectivity index (χ4n) is 3.11. The molecule has 3 aromatic rings. The number of nitrogens with zero attached hydrogens (tertiary/aromatic N) is 3. The Morgan fingerprint density at radius 3 is 2.93 bits per heavy atom. The number of imidazole rings is 1. The van der Waals surface area contributed by atoms with E-state index in [-0.39, 0.29) is 6.10 Å². The van der Waals surface area contributed by atoms with Gasteiger partial charge in [0.2, 0.25) is 0 Å². The van der Waals surface area contributed by atoms with Crippen LogP contribution in [0.4, 0.5) is 0 Å². The molecule has 1 fully saturated rings. The molecule has 0 spiro atoms. The third-order valence-electron chi connectivity index (χ3n) is 4.44. The highest BCUT2D eigenvalue weighted by Crippen LogP contribution is 2.21. The first kappa shape index (κ1) is 18.0. The normalized spacial score (nSPS) is 17.7. The van der Waals surface area contributed by atoms with Gasteiger partial charge in [0, 0.05) is 43.3 Å². The van der Waals surface area contributed by atoms with Gasteiger partial charge in [-0.3, -0.25) is 4.90 Å². The van der Waals surface area contributed by atoms with Gasteiger partial charge in [-0.2, -0.15) is 0 Å². The lowest BCUT2D eigenvalue weighted by molar-refractivity contribution is -0.0507. The summed E-state index contributed by atoms with van der Waals surface area (Å²) in [6, 6.07) is 13.7. The van der Waals surface area contributed by atoms with E-state index in [0.29, 0.717) is 24.1 Å². The zero-order valence-corrected chi connectivity index (χ0v) is 15.6. The Morgan fingerprint density at radius 1 is 1.19 bits per heavy atom. The average Bonchev–Trinajstić information content (AvgIpc) is 3.17. The summed E-state index contributed by atoms with van der Waals surface area (Å²) in [6.45, 7) is 3.59. The van der Waals surface area contributed by atoms with Crippen LogP contribution in [0.2, 0.25) is 5.15 Å². The van der Waals surface area contributed by atoms with Crippen molar-refractivity contribution in [3.8, 4) is 17.1 Å². The van der Waals surface area contributed by atoms with E-state index in [9.17, 15) is 0 Å². The summed E-state index contributed by atoms with van der Waals surface area (Å²) >= 11 is 6.03. The number of pyridine rings is 1. The predicted molar refractivity (Wildman–Crippen MR) is 104 cm³/mol. The van der Waals surface area contributed by atoms with Crippen molar-refractivity contribution < 1.29 is 9.47 Å². The summed E-state index contributed by atoms with van der Waals surface area (Å²) < 4.78 is 11.6. The molecule has 2 aromatic heterocycles. The van der Waals surface area contributed by atoms with Crippen LogP contribution in [0.15, 0.2) is 54.9 Å². The van der Waals surface area contributed by atoms with Crippen LogP contribution in [-0.2, 0) is 11.3 Å². The van der Waals surface area contributed by atoms with Crippen molar-refractivity contribution in [2.75, 3.05) is 26.3 Å². The molecule has 0 saturated carbocycles. The SMILES string of the molecule is Clc1ncccc1OCC1CN(Cc2cnc(-c3ccccc3)[nH]2)CCO1. The molecule has 1 unspecified atom stereocenters. The number of hydrogen-bond donors (Lipinski definition) is 1. The summed E-state index contributed by atoms with van der Waals surface area (Å²) in [5.74, 6) is 1.48. The first-order valence-corrected chi connectivity index (χ1v) is 9.32. The standard InChI is InChI=1S/C20H21ClN4O2/c21-19-18(7-4-8-22-19)27-14-17-13-25(9-10-26-17)12-16-11-23-20(24-16)15-5-2-1-3-6-15/h1-8,11,17H,9-10,12-14H2,(H,23,24). The number of ether oxygens (including phenoxy) is 2. The maximum Gasteiger partial charge on any atom is 0.171 e. The summed E-state index contributed by atoms with van der Waals surface area (Å²) in [5.41, 5.74) is 2.18. The van der Waals surface area contributed by atoms with E-state index in [2.05, 4.69) is 19.9 Å². The van der Waals surface area contributed by atoms with Crippen LogP contribution in [0.25, 0.3) is 11.4 Å². The number of halogens is 1. The first-order valence-electron chi connectivity index (χ1n) is 8.94. The zero-order chi connectivity index (χ0) is 18.5. The van der Waals surface area contributed by atoms with Gasteiger partial charge in [0.05, 0.1) is 6.61 Å². The molecule has 1 N–H and O–H groups in total. The van der Waals surface area contributed by atoms with Crippen LogP contribution in [0.1, 0.15) is 5.69 Å². The number of rotatable bonds is 6. The monoisotopic (exact) mass is 384 g/mol. The van der Waals surface area contributed by atoms with Gasteiger partial charge in [-0.15, -0.1) is 0 Å². The number of nitrogens with one attached hydrogen (secondary N) is 1. The van der Waals surface area contributed by atoms with Crippen LogP contribution < -0.4 is 4.74 Å². The van der Waals surface area contributed by atoms with Gasteiger partial charge in [0.15, 0.2) is 10.9 Å². The summed E-state index contributed by atoms with van der Waals surface area (Å²) in [5, 5.41) is 0.371. The van der Waals surface area contributed by atoms with E-state index >= 15 is 0 Å². The number of H-pyrrole nitrogens is 1. The fourth-order valence-corrected chi connectivity index (χ4v) is 3.28. The van der Waals surface area contributed by atoms with Crippen LogP contribution >= 0.6 is 11.6 Å². The quantitative estimate of drug-likeness (QED) is 0.660. The average molecular weight is 385 g/mol. The van der Waals surface area contributed by atoms with Gasteiger partial charge in [0.25, 0.3) is 0 Å². The molecule has 4 rings (SSSR count). The maximum atomic E-state index is 6.03. The summed E-state index contributed by atoms with van der Waals surface area (Å²) in [4.78, 5) is 14.3. The molecular formula is C20H21ClN4O2. The van der Waals surface area contributed by atoms with Crippen LogP contribution in [0.5, 0.6) is 5.75 Å². The fraction of sp³-hybridized carbons (Fsp3) is 0.300. The van der Waals surface area contributed by atoms with Crippen molar-refractivity contribution in [3.63, 3.8) is 0 Å². The molecule has 7 heteroatoms. The van der Waals surface area contributed by atoms with Crippen LogP contribution in [0.3, 0.4) is 0 Å². The number of aromatic amines is 1. The number of hydrogen-bond acceptors (Lipinski definition) is 5. The van der Waals surface area contributed by atoms with Gasteiger partial charge < -0.3 is 14.5 Å². The van der Waals surface area contributed by atoms with Gasteiger partial charge in [-0.1, -0.05) is 41.9 Å². The Morgan fingerprint density at radius 2 is 2.07 bits per heavy atom. The van der Waals surface area contributed by atoms with Crippen LogP contribution in [-0.4, -0.2) is 52.3 Å². The Hall–Kier alpha value is -2.41. The Kier molecular flexibility index (Phi) is 5.67. The third-order valence-corrected chi connectivity index (χ3v) is 4.73. The van der Waals surface area contributed by atoms with Crippen molar-refractivity contribution in [1.29, 1.82) is 0 Å². The van der Waals surface area contributed by atoms with E-state index < -0.39 is 0 Å². The molecule has 0 amide bonds. The van der Waals surface area contributed by atoms with E-state index in [1.807, 2.05) is 42.6 Å². The maximum absolute atomic E-state index is 6.03. The minimum atomic E-state index is -0.00784. The van der Waals surface area contributed by atoms with Crippen molar-refractivity contribution in [1.82, 2.24) is 19.9 Å². The lowest BCUT2D eigenvalue weighted by Gasteiger charge is -2.32. The van der Waals surface area contributed by atoms with Gasteiger partial charge >= 0.3 is 0 Å². The zero-order valence-electron chi connectivity index (χ0n) is 14.8. The van der Waals surface area contributed by atoms with Crippen molar-refractivity contribution in [3.05, 3.63) is 65.7 Å². The lowest BCUT2D eigenvalue weighted by Crippen LogP contribution is -2.44. The number of morpholine rings is 1. The first-order chi connectivity index (χ1) is 13.3. The second kappa shape index (κ2) is 8.52. The molecule has 1 aliphatic rings. The van der Waals surface area contributed by atoms with E-state index in [0.717, 1.165) is 36.7 Å². The van der Waals surface area contributed by atoms with Crippen molar-refractivity contribution >= 4 is 11.6 Å². The van der Waals surface area contributed by atoms with E-state index in [1.54, 1.807) is 12.3 Å². The Bertz CT molecular complexity index is 871. The molecule has 1 aromatic carbocycles. The van der Waals surface area contributed by atoms with Gasteiger partial charge in [-0.05, 0) is 12.1 Å². The molecular weight excluding hydrogens is 364 g/mol. The minimum Gasteiger partial charge on any atom is -0.488 e. The lowest BCUT2D eigenvalue weighted by atomic mass is 10.2. The topological polar surface area (TPSA) is 63.3 Å². The molecule has 0 radical (unpaired) electrons. The number of benzene rings is 1. The summed E-state index contributed by atoms with van der Waals surface area (Å²) in [7, 11) is 0. The minimum absolute atomic E-state index is 0.00784. The highest BCUT2D eigenvalue weighted by molar-refractivity contribution is 6.30. The highest BCUT2D eigenvalue weighted by Gasteiger charge is 2.22. The molecule has 6 nitrogen and oxygen atoms in total. The highest BCUT2D eigenvalue weighted by atomic mass is 35.5. The molecule has 140 valence electrons. The summed E-state index contributed by atoms with van der Waals surface area (Å²) in [6.07, 6.45) is 3.53. The van der Waals surface area contributed by atoms with Crippen molar-refractivity contribution in [2.45, 2.75) is 12.6 Å². The third kappa shape index (κ3) is 4.66. The Labute approximate surface area is 163 Å². The second-order valence-corrected chi connectivity index (χ2v) is 6.81. The smallest absolute Gasteiger partial charge is 0.171 e. The molecule has 0 bridgehead atoms. The van der Waals surface area contributed by atoms with Gasteiger partial charge in [-0.25, -0.2) is 9.97 Å². The number of aromatic nitrogens is 3. The molecule has 1 saturated heterocycles. The van der Waals surface area contributed by atoms with E-state index in [4.69, 9.17) is 21.1 Å². The largest absolute Gasteiger partial charge is 0.488 e. The molecule has 3 heterocycles. The molecule has 27 heavy (non-hydrogen) atoms. The molecule has 1 atom stereocenters. The van der Waals surface area contributed by atoms with E-state index in [1.165, 1.54) is 0 Å². The molecule has 1 aliphatic heterocycles. The second-order valence-electron chi connectivity index (χ2n) is 6.45. The van der Waals surface area contributed by atoms with Gasteiger partial charge in [0.1, 0.15) is 18.5 Å². The van der Waals surface area contributed by atoms with Crippen LogP contribution in [0, 0.1) is 0 Å².